The number of hydrogen-bond donors (Lipinski definition) is 3. The third-order valence-corrected chi connectivity index (χ3v) is 3.87. The van der Waals surface area contributed by atoms with Crippen LogP contribution in [0.1, 0.15) is 49.6 Å². The highest BCUT2D eigenvalue weighted by molar-refractivity contribution is 5.94. The molecule has 0 aromatic carbocycles. The fraction of sp³-hybridized carbons (Fsp3) is 0.643. The molecule has 0 saturated heterocycles. The van der Waals surface area contributed by atoms with Crippen LogP contribution in [-0.2, 0) is 0 Å². The second kappa shape index (κ2) is 5.65. The zero-order valence-corrected chi connectivity index (χ0v) is 11.6. The van der Waals surface area contributed by atoms with Crippen molar-refractivity contribution < 1.29 is 9.90 Å². The molecule has 1 saturated carbocycles. The Hall–Kier alpha value is -1.49. The van der Waals surface area contributed by atoms with Gasteiger partial charge < -0.3 is 20.7 Å². The minimum atomic E-state index is -0.101. The van der Waals surface area contributed by atoms with Gasteiger partial charge in [0.05, 0.1) is 5.69 Å². The lowest BCUT2D eigenvalue weighted by Gasteiger charge is -2.20. The Kier molecular flexibility index (Phi) is 4.14. The Balaban J connectivity index is 2.11. The van der Waals surface area contributed by atoms with E-state index in [4.69, 9.17) is 5.73 Å². The maximum absolute atomic E-state index is 12.3. The maximum atomic E-state index is 12.3. The summed E-state index contributed by atoms with van der Waals surface area (Å²) in [5, 5.41) is 12.3. The van der Waals surface area contributed by atoms with Gasteiger partial charge in [-0.3, -0.25) is 4.79 Å². The van der Waals surface area contributed by atoms with Crippen LogP contribution in [0.25, 0.3) is 0 Å². The molecule has 5 nitrogen and oxygen atoms in total. The zero-order chi connectivity index (χ0) is 14.0. The fourth-order valence-corrected chi connectivity index (χ4v) is 2.80. The van der Waals surface area contributed by atoms with E-state index in [1.54, 1.807) is 12.3 Å². The van der Waals surface area contributed by atoms with Crippen molar-refractivity contribution in [3.05, 3.63) is 18.0 Å². The number of hydrogen-bond acceptors (Lipinski definition) is 3. The van der Waals surface area contributed by atoms with Gasteiger partial charge in [0.15, 0.2) is 0 Å². The van der Waals surface area contributed by atoms with Crippen LogP contribution < -0.4 is 11.1 Å². The molecule has 0 radical (unpaired) electrons. The number of amides is 1. The normalized spacial score (nSPS) is 22.9. The average molecular weight is 265 g/mol. The van der Waals surface area contributed by atoms with E-state index in [-0.39, 0.29) is 30.5 Å². The molecular formula is C14H23N3O2. The van der Waals surface area contributed by atoms with Crippen LogP contribution in [0.5, 0.6) is 0 Å². The predicted octanol–water partition coefficient (Wildman–Crippen LogP) is 1.54. The smallest absolute Gasteiger partial charge is 0.268 e. The number of aliphatic hydroxyl groups is 1. The minimum Gasteiger partial charge on any atom is -0.397 e. The Morgan fingerprint density at radius 1 is 1.58 bits per heavy atom. The van der Waals surface area contributed by atoms with Crippen LogP contribution in [-0.4, -0.2) is 28.2 Å². The molecule has 2 atom stereocenters. The van der Waals surface area contributed by atoms with Crippen molar-refractivity contribution in [2.24, 2.45) is 5.92 Å². The molecule has 1 aromatic rings. The molecule has 19 heavy (non-hydrogen) atoms. The van der Waals surface area contributed by atoms with E-state index in [0.717, 1.165) is 19.3 Å². The van der Waals surface area contributed by atoms with Crippen molar-refractivity contribution in [1.82, 2.24) is 9.88 Å². The standard InChI is InChI=1S/C14H23N3O2/c1-9(2)17-7-11(15)6-13(17)14(19)16-12-5-3-4-10(12)8-18/h6-7,9-10,12,18H,3-5,8,15H2,1-2H3,(H,16,19). The van der Waals surface area contributed by atoms with Gasteiger partial charge >= 0.3 is 0 Å². The van der Waals surface area contributed by atoms with Crippen molar-refractivity contribution in [3.63, 3.8) is 0 Å². The number of aromatic nitrogens is 1. The Bertz CT molecular complexity index is 454. The third kappa shape index (κ3) is 2.92. The van der Waals surface area contributed by atoms with E-state index in [1.165, 1.54) is 0 Å². The third-order valence-electron chi connectivity index (χ3n) is 3.87. The van der Waals surface area contributed by atoms with Crippen molar-refractivity contribution >= 4 is 11.6 Å². The molecule has 0 spiro atoms. The van der Waals surface area contributed by atoms with Gasteiger partial charge in [-0.2, -0.15) is 0 Å². The summed E-state index contributed by atoms with van der Waals surface area (Å²) in [4.78, 5) is 12.3. The van der Waals surface area contributed by atoms with E-state index >= 15 is 0 Å². The summed E-state index contributed by atoms with van der Waals surface area (Å²) in [5.74, 6) is 0.0829. The summed E-state index contributed by atoms with van der Waals surface area (Å²) in [5.41, 5.74) is 6.97. The SMILES string of the molecule is CC(C)n1cc(N)cc1C(=O)NC1CCCC1CO. The van der Waals surface area contributed by atoms with Crippen molar-refractivity contribution in [2.75, 3.05) is 12.3 Å². The highest BCUT2D eigenvalue weighted by Crippen LogP contribution is 2.26. The molecule has 5 heteroatoms. The summed E-state index contributed by atoms with van der Waals surface area (Å²) >= 11 is 0. The van der Waals surface area contributed by atoms with Crippen molar-refractivity contribution in [1.29, 1.82) is 0 Å². The Morgan fingerprint density at radius 3 is 2.95 bits per heavy atom. The van der Waals surface area contributed by atoms with Crippen LogP contribution >= 0.6 is 0 Å². The molecule has 1 amide bonds. The van der Waals surface area contributed by atoms with Gasteiger partial charge in [-0.15, -0.1) is 0 Å². The molecule has 0 aliphatic heterocycles. The minimum absolute atomic E-state index is 0.0780. The topological polar surface area (TPSA) is 80.3 Å². The van der Waals surface area contributed by atoms with E-state index in [9.17, 15) is 9.90 Å². The maximum Gasteiger partial charge on any atom is 0.268 e. The first kappa shape index (κ1) is 13.9. The van der Waals surface area contributed by atoms with Gasteiger partial charge in [0.25, 0.3) is 5.91 Å². The van der Waals surface area contributed by atoms with Gasteiger partial charge in [0.2, 0.25) is 0 Å². The van der Waals surface area contributed by atoms with E-state index in [0.29, 0.717) is 11.4 Å². The van der Waals surface area contributed by atoms with Crippen LogP contribution in [0.3, 0.4) is 0 Å². The van der Waals surface area contributed by atoms with Crippen LogP contribution in [0.4, 0.5) is 5.69 Å². The molecule has 1 heterocycles. The summed E-state index contributed by atoms with van der Waals surface area (Å²) in [6.07, 6.45) is 4.77. The molecule has 2 unspecified atom stereocenters. The molecule has 1 fully saturated rings. The number of nitrogen functional groups attached to an aromatic ring is 1. The lowest BCUT2D eigenvalue weighted by atomic mass is 10.1. The molecule has 4 N–H and O–H groups in total. The Morgan fingerprint density at radius 2 is 2.32 bits per heavy atom. The van der Waals surface area contributed by atoms with Gasteiger partial charge in [-0.25, -0.2) is 0 Å². The van der Waals surface area contributed by atoms with Gasteiger partial charge in [-0.1, -0.05) is 6.42 Å². The number of nitrogens with one attached hydrogen (secondary N) is 1. The second-order valence-electron chi connectivity index (χ2n) is 5.61. The van der Waals surface area contributed by atoms with Gasteiger partial charge in [-0.05, 0) is 32.8 Å². The summed E-state index contributed by atoms with van der Waals surface area (Å²) < 4.78 is 1.88. The lowest BCUT2D eigenvalue weighted by molar-refractivity contribution is 0.0905. The van der Waals surface area contributed by atoms with Crippen molar-refractivity contribution in [3.8, 4) is 0 Å². The van der Waals surface area contributed by atoms with Gasteiger partial charge in [0.1, 0.15) is 5.69 Å². The van der Waals surface area contributed by atoms with E-state index in [2.05, 4.69) is 5.32 Å². The molecular weight excluding hydrogens is 242 g/mol. The van der Waals surface area contributed by atoms with Crippen molar-refractivity contribution in [2.45, 2.75) is 45.2 Å². The number of nitrogens with zero attached hydrogens (tertiary/aromatic N) is 1. The number of rotatable bonds is 4. The highest BCUT2D eigenvalue weighted by atomic mass is 16.3. The van der Waals surface area contributed by atoms with Crippen LogP contribution in [0.15, 0.2) is 12.3 Å². The average Bonchev–Trinajstić information content (AvgIpc) is 2.95. The predicted molar refractivity (Wildman–Crippen MR) is 74.9 cm³/mol. The van der Waals surface area contributed by atoms with Crippen LogP contribution in [0, 0.1) is 5.92 Å². The first-order valence-corrected chi connectivity index (χ1v) is 6.92. The molecule has 1 aromatic heterocycles. The van der Waals surface area contributed by atoms with Crippen LogP contribution in [0.2, 0.25) is 0 Å². The monoisotopic (exact) mass is 265 g/mol. The van der Waals surface area contributed by atoms with E-state index < -0.39 is 0 Å². The molecule has 1 aliphatic carbocycles. The molecule has 1 aliphatic rings. The van der Waals surface area contributed by atoms with Gasteiger partial charge in [0, 0.05) is 30.8 Å². The Labute approximate surface area is 113 Å². The summed E-state index contributed by atoms with van der Waals surface area (Å²) in [7, 11) is 0. The first-order valence-electron chi connectivity index (χ1n) is 6.92. The highest BCUT2D eigenvalue weighted by Gasteiger charge is 2.29. The number of anilines is 1. The number of carbonyl (C=O) groups is 1. The second-order valence-corrected chi connectivity index (χ2v) is 5.61. The number of nitrogens with two attached hydrogens (primary N) is 1. The fourth-order valence-electron chi connectivity index (χ4n) is 2.80. The molecule has 106 valence electrons. The number of aliphatic hydroxyl groups excluding tert-OH is 1. The summed E-state index contributed by atoms with van der Waals surface area (Å²) in [6, 6.07) is 1.97. The lowest BCUT2D eigenvalue weighted by Crippen LogP contribution is -2.39. The first-order chi connectivity index (χ1) is 9.02. The summed E-state index contributed by atoms with van der Waals surface area (Å²) in [6.45, 7) is 4.17. The quantitative estimate of drug-likeness (QED) is 0.772. The number of carbonyl (C=O) groups excluding carboxylic acids is 1. The van der Waals surface area contributed by atoms with E-state index in [1.807, 2.05) is 18.4 Å². The zero-order valence-electron chi connectivity index (χ0n) is 11.6. The largest absolute Gasteiger partial charge is 0.397 e. The molecule has 0 bridgehead atoms. The molecule has 2 rings (SSSR count).